The molecule has 9 heteroatoms. The van der Waals surface area contributed by atoms with Gasteiger partial charge in [0, 0.05) is 16.8 Å². The number of anilines is 1. The van der Waals surface area contributed by atoms with Gasteiger partial charge < -0.3 is 10.4 Å². The van der Waals surface area contributed by atoms with Crippen LogP contribution in [0.15, 0.2) is 34.8 Å². The monoisotopic (exact) mass is 313 g/mol. The number of carboxylic acid groups (broad SMARTS) is 1. The number of nitrogens with two attached hydrogens (primary N) is 1. The Labute approximate surface area is 119 Å². The van der Waals surface area contributed by atoms with Crippen molar-refractivity contribution in [3.8, 4) is 0 Å². The van der Waals surface area contributed by atoms with E-state index in [1.54, 1.807) is 11.7 Å². The predicted molar refractivity (Wildman–Crippen MR) is 74.2 cm³/mol. The van der Waals surface area contributed by atoms with Gasteiger partial charge >= 0.3 is 5.97 Å². The largest absolute Gasteiger partial charge is 0.478 e. The Bertz CT molecular complexity index is 726. The molecule has 0 unspecified atom stereocenters. The molecule has 2 aromatic rings. The number of hydrogen-bond donors (Lipinski definition) is 3. The van der Waals surface area contributed by atoms with Crippen molar-refractivity contribution in [1.29, 1.82) is 0 Å². The van der Waals surface area contributed by atoms with Gasteiger partial charge in [-0.05, 0) is 18.2 Å². The Morgan fingerprint density at radius 1 is 1.45 bits per heavy atom. The lowest BCUT2D eigenvalue weighted by Crippen LogP contribution is -2.14. The molecular formula is C11H11N3O4S2. The molecule has 4 N–H and O–H groups in total. The summed E-state index contributed by atoms with van der Waals surface area (Å²) in [5.74, 6) is -1.23. The van der Waals surface area contributed by atoms with Crippen LogP contribution in [0.5, 0.6) is 0 Å². The van der Waals surface area contributed by atoms with E-state index >= 15 is 0 Å². The van der Waals surface area contributed by atoms with Gasteiger partial charge in [0.2, 0.25) is 10.0 Å². The molecule has 0 bridgehead atoms. The van der Waals surface area contributed by atoms with Crippen LogP contribution in [0.1, 0.15) is 15.2 Å². The van der Waals surface area contributed by atoms with Gasteiger partial charge in [0.15, 0.2) is 0 Å². The van der Waals surface area contributed by atoms with Gasteiger partial charge in [0.05, 0.1) is 22.5 Å². The van der Waals surface area contributed by atoms with Gasteiger partial charge in [-0.3, -0.25) is 4.98 Å². The van der Waals surface area contributed by atoms with Crippen molar-refractivity contribution >= 4 is 33.0 Å². The summed E-state index contributed by atoms with van der Waals surface area (Å²) in [7, 11) is -3.93. The van der Waals surface area contributed by atoms with Crippen molar-refractivity contribution in [2.24, 2.45) is 5.14 Å². The first kappa shape index (κ1) is 14.4. The molecule has 0 atom stereocenters. The molecule has 0 spiro atoms. The number of hydrogen-bond acceptors (Lipinski definition) is 6. The van der Waals surface area contributed by atoms with Gasteiger partial charge in [0.25, 0.3) is 0 Å². The fraction of sp³-hybridized carbons (Fsp3) is 0.0909. The second-order valence-electron chi connectivity index (χ2n) is 3.88. The van der Waals surface area contributed by atoms with Crippen molar-refractivity contribution < 1.29 is 18.3 Å². The first-order valence-corrected chi connectivity index (χ1v) is 7.82. The van der Waals surface area contributed by atoms with Crippen LogP contribution in [0.4, 0.5) is 5.69 Å². The minimum absolute atomic E-state index is 0.152. The number of carboxylic acids is 1. The summed E-state index contributed by atoms with van der Waals surface area (Å²) in [4.78, 5) is 15.8. The molecule has 1 aromatic carbocycles. The van der Waals surface area contributed by atoms with Crippen LogP contribution in [-0.2, 0) is 16.6 Å². The predicted octanol–water partition coefficient (Wildman–Crippen LogP) is 1.10. The topological polar surface area (TPSA) is 122 Å². The van der Waals surface area contributed by atoms with Crippen LogP contribution in [0.2, 0.25) is 0 Å². The highest BCUT2D eigenvalue weighted by atomic mass is 32.2. The fourth-order valence-electron chi connectivity index (χ4n) is 1.54. The molecule has 0 aliphatic heterocycles. The minimum atomic E-state index is -3.93. The number of aromatic nitrogens is 1. The number of aromatic carboxylic acids is 1. The van der Waals surface area contributed by atoms with E-state index < -0.39 is 16.0 Å². The summed E-state index contributed by atoms with van der Waals surface area (Å²) in [6, 6.07) is 3.67. The molecular weight excluding hydrogens is 302 g/mol. The minimum Gasteiger partial charge on any atom is -0.478 e. The average Bonchev–Trinajstić information content (AvgIpc) is 2.88. The van der Waals surface area contributed by atoms with Crippen molar-refractivity contribution in [2.45, 2.75) is 11.4 Å². The maximum atomic E-state index is 11.2. The third kappa shape index (κ3) is 3.32. The Morgan fingerprint density at radius 2 is 2.20 bits per heavy atom. The molecule has 0 saturated carbocycles. The number of rotatable bonds is 5. The van der Waals surface area contributed by atoms with E-state index in [2.05, 4.69) is 10.3 Å². The van der Waals surface area contributed by atoms with Crippen molar-refractivity contribution in [3.63, 3.8) is 0 Å². The van der Waals surface area contributed by atoms with E-state index in [-0.39, 0.29) is 10.5 Å². The Kier molecular flexibility index (Phi) is 4.02. The van der Waals surface area contributed by atoms with E-state index in [0.29, 0.717) is 12.2 Å². The molecule has 1 aromatic heterocycles. The number of sulfonamides is 1. The van der Waals surface area contributed by atoms with E-state index in [1.807, 2.05) is 0 Å². The third-order valence-corrected chi connectivity index (χ3v) is 4.18. The number of carbonyl (C=O) groups is 1. The van der Waals surface area contributed by atoms with Crippen LogP contribution in [0.25, 0.3) is 0 Å². The van der Waals surface area contributed by atoms with E-state index in [1.165, 1.54) is 23.5 Å². The highest BCUT2D eigenvalue weighted by molar-refractivity contribution is 7.89. The maximum absolute atomic E-state index is 11.2. The second kappa shape index (κ2) is 5.57. The van der Waals surface area contributed by atoms with Crippen LogP contribution in [0.3, 0.4) is 0 Å². The third-order valence-electron chi connectivity index (χ3n) is 2.49. The van der Waals surface area contributed by atoms with E-state index in [0.717, 1.165) is 10.9 Å². The highest BCUT2D eigenvalue weighted by Gasteiger charge is 2.15. The van der Waals surface area contributed by atoms with Gasteiger partial charge in [-0.25, -0.2) is 18.4 Å². The summed E-state index contributed by atoms with van der Waals surface area (Å²) in [5.41, 5.74) is 1.83. The smallest absolute Gasteiger partial charge is 0.337 e. The summed E-state index contributed by atoms with van der Waals surface area (Å²) >= 11 is 1.43. The molecule has 0 aliphatic carbocycles. The second-order valence-corrected chi connectivity index (χ2v) is 6.41. The quantitative estimate of drug-likeness (QED) is 0.759. The normalized spacial score (nSPS) is 11.2. The lowest BCUT2D eigenvalue weighted by atomic mass is 10.2. The highest BCUT2D eigenvalue weighted by Crippen LogP contribution is 2.21. The van der Waals surface area contributed by atoms with Crippen molar-refractivity contribution in [1.82, 2.24) is 4.98 Å². The van der Waals surface area contributed by atoms with Gasteiger partial charge in [-0.15, -0.1) is 11.3 Å². The summed E-state index contributed by atoms with van der Waals surface area (Å²) in [6.07, 6.45) is 1.66. The number of thiazole rings is 1. The first-order valence-electron chi connectivity index (χ1n) is 5.39. The molecule has 0 amide bonds. The lowest BCUT2D eigenvalue weighted by Gasteiger charge is -2.09. The SMILES string of the molecule is NS(=O)(=O)c1ccc(NCc2cncs2)c(C(=O)O)c1. The zero-order valence-electron chi connectivity index (χ0n) is 10.1. The number of primary sulfonamides is 1. The molecule has 2 rings (SSSR count). The van der Waals surface area contributed by atoms with Crippen molar-refractivity contribution in [2.75, 3.05) is 5.32 Å². The van der Waals surface area contributed by atoms with Crippen LogP contribution >= 0.6 is 11.3 Å². The van der Waals surface area contributed by atoms with Gasteiger partial charge in [-0.2, -0.15) is 0 Å². The maximum Gasteiger partial charge on any atom is 0.337 e. The molecule has 0 radical (unpaired) electrons. The molecule has 1 heterocycles. The summed E-state index contributed by atoms with van der Waals surface area (Å²) in [6.45, 7) is 0.402. The Balaban J connectivity index is 2.31. The standard InChI is InChI=1S/C11H11N3O4S2/c12-20(17,18)8-1-2-10(9(3-8)11(15)16)14-5-7-4-13-6-19-7/h1-4,6,14H,5H2,(H,15,16)(H2,12,17,18). The number of benzene rings is 1. The number of nitrogens with zero attached hydrogens (tertiary/aromatic N) is 1. The van der Waals surface area contributed by atoms with E-state index in [4.69, 9.17) is 10.2 Å². The summed E-state index contributed by atoms with van der Waals surface area (Å²) < 4.78 is 22.4. The zero-order valence-corrected chi connectivity index (χ0v) is 11.7. The van der Waals surface area contributed by atoms with Crippen LogP contribution < -0.4 is 10.5 Å². The van der Waals surface area contributed by atoms with E-state index in [9.17, 15) is 13.2 Å². The van der Waals surface area contributed by atoms with Crippen molar-refractivity contribution in [3.05, 3.63) is 40.3 Å². The molecule has 7 nitrogen and oxygen atoms in total. The van der Waals surface area contributed by atoms with Gasteiger partial charge in [-0.1, -0.05) is 0 Å². The van der Waals surface area contributed by atoms with Crippen LogP contribution in [0, 0.1) is 0 Å². The molecule has 0 aliphatic rings. The molecule has 0 fully saturated rings. The summed E-state index contributed by atoms with van der Waals surface area (Å²) in [5, 5.41) is 17.0. The Morgan fingerprint density at radius 3 is 2.75 bits per heavy atom. The van der Waals surface area contributed by atoms with Crippen LogP contribution in [-0.4, -0.2) is 24.5 Å². The first-order chi connectivity index (χ1) is 9.38. The molecule has 0 saturated heterocycles. The number of nitrogens with one attached hydrogen (secondary N) is 1. The average molecular weight is 313 g/mol. The lowest BCUT2D eigenvalue weighted by molar-refractivity contribution is 0.0697. The molecule has 20 heavy (non-hydrogen) atoms. The van der Waals surface area contributed by atoms with Gasteiger partial charge in [0.1, 0.15) is 0 Å². The fourth-order valence-corrected chi connectivity index (χ4v) is 2.62. The zero-order chi connectivity index (χ0) is 14.8. The Hall–Kier alpha value is -1.97. The molecule has 106 valence electrons.